The Hall–Kier alpha value is -1.56. The first kappa shape index (κ1) is 13.9. The molecule has 104 valence electrons. The first-order chi connectivity index (χ1) is 8.88. The molecule has 0 spiro atoms. The van der Waals surface area contributed by atoms with Crippen LogP contribution in [-0.2, 0) is 11.0 Å². The zero-order valence-electron chi connectivity index (χ0n) is 10.1. The molecule has 2 rings (SSSR count). The van der Waals surface area contributed by atoms with Crippen molar-refractivity contribution in [2.45, 2.75) is 25.1 Å². The van der Waals surface area contributed by atoms with E-state index >= 15 is 0 Å². The van der Waals surface area contributed by atoms with E-state index in [2.05, 4.69) is 5.32 Å². The lowest BCUT2D eigenvalue weighted by Gasteiger charge is -2.14. The Morgan fingerprint density at radius 2 is 2.11 bits per heavy atom. The standard InChI is InChI=1S/C13H14F3NO2/c14-13(15,16)10-3-1-2-9(6-10)11(18)7-17-12(19)8-4-5-8/h1-3,6,8,11,18H,4-5,7H2,(H,17,19). The summed E-state index contributed by atoms with van der Waals surface area (Å²) in [4.78, 5) is 11.4. The van der Waals surface area contributed by atoms with Gasteiger partial charge in [0.15, 0.2) is 0 Å². The van der Waals surface area contributed by atoms with Gasteiger partial charge in [-0.25, -0.2) is 0 Å². The van der Waals surface area contributed by atoms with Gasteiger partial charge in [0.2, 0.25) is 5.91 Å². The van der Waals surface area contributed by atoms with Gasteiger partial charge in [0.05, 0.1) is 11.7 Å². The van der Waals surface area contributed by atoms with Gasteiger partial charge in [-0.05, 0) is 30.5 Å². The Morgan fingerprint density at radius 1 is 1.42 bits per heavy atom. The number of halogens is 3. The van der Waals surface area contributed by atoms with Crippen LogP contribution < -0.4 is 5.32 Å². The Morgan fingerprint density at radius 3 is 2.68 bits per heavy atom. The SMILES string of the molecule is O=C(NCC(O)c1cccc(C(F)(F)F)c1)C1CC1. The minimum absolute atomic E-state index is 0.00806. The highest BCUT2D eigenvalue weighted by Crippen LogP contribution is 2.31. The molecule has 19 heavy (non-hydrogen) atoms. The molecule has 1 aromatic rings. The molecule has 1 unspecified atom stereocenters. The Balaban J connectivity index is 1.98. The van der Waals surface area contributed by atoms with Gasteiger partial charge in [-0.3, -0.25) is 4.79 Å². The lowest BCUT2D eigenvalue weighted by Crippen LogP contribution is -2.29. The summed E-state index contributed by atoms with van der Waals surface area (Å²) < 4.78 is 37.5. The van der Waals surface area contributed by atoms with Crippen molar-refractivity contribution < 1.29 is 23.1 Å². The second-order valence-electron chi connectivity index (χ2n) is 4.66. The first-order valence-corrected chi connectivity index (χ1v) is 6.01. The zero-order chi connectivity index (χ0) is 14.0. The second kappa shape index (κ2) is 5.21. The van der Waals surface area contributed by atoms with Gasteiger partial charge in [0.25, 0.3) is 0 Å². The average Bonchev–Trinajstić information content (AvgIpc) is 3.19. The molecule has 3 nitrogen and oxygen atoms in total. The molecular formula is C13H14F3NO2. The van der Waals surface area contributed by atoms with Crippen molar-refractivity contribution in [3.63, 3.8) is 0 Å². The van der Waals surface area contributed by atoms with Crippen molar-refractivity contribution in [3.8, 4) is 0 Å². The van der Waals surface area contributed by atoms with Gasteiger partial charge < -0.3 is 10.4 Å². The zero-order valence-corrected chi connectivity index (χ0v) is 10.1. The molecule has 0 saturated heterocycles. The molecule has 1 aromatic carbocycles. The summed E-state index contributed by atoms with van der Waals surface area (Å²) >= 11 is 0. The molecule has 1 saturated carbocycles. The van der Waals surface area contributed by atoms with Crippen LogP contribution in [0, 0.1) is 5.92 Å². The minimum atomic E-state index is -4.44. The highest BCUT2D eigenvalue weighted by molar-refractivity contribution is 5.80. The van der Waals surface area contributed by atoms with Gasteiger partial charge in [-0.15, -0.1) is 0 Å². The molecule has 0 bridgehead atoms. The third-order valence-electron chi connectivity index (χ3n) is 3.02. The van der Waals surface area contributed by atoms with E-state index in [0.29, 0.717) is 0 Å². The van der Waals surface area contributed by atoms with E-state index < -0.39 is 17.8 Å². The lowest BCUT2D eigenvalue weighted by atomic mass is 10.1. The number of amides is 1. The molecule has 1 fully saturated rings. The van der Waals surface area contributed by atoms with Crippen molar-refractivity contribution >= 4 is 5.91 Å². The van der Waals surface area contributed by atoms with E-state index in [-0.39, 0.29) is 23.9 Å². The third kappa shape index (κ3) is 3.70. The van der Waals surface area contributed by atoms with E-state index in [1.165, 1.54) is 12.1 Å². The third-order valence-corrected chi connectivity index (χ3v) is 3.02. The Kier molecular flexibility index (Phi) is 3.80. The van der Waals surface area contributed by atoms with Crippen molar-refractivity contribution in [2.24, 2.45) is 5.92 Å². The fourth-order valence-corrected chi connectivity index (χ4v) is 1.73. The second-order valence-corrected chi connectivity index (χ2v) is 4.66. The van der Waals surface area contributed by atoms with Crippen molar-refractivity contribution in [1.29, 1.82) is 0 Å². The molecule has 0 heterocycles. The fourth-order valence-electron chi connectivity index (χ4n) is 1.73. The van der Waals surface area contributed by atoms with Gasteiger partial charge >= 0.3 is 6.18 Å². The maximum Gasteiger partial charge on any atom is 0.416 e. The maximum absolute atomic E-state index is 12.5. The molecule has 0 aromatic heterocycles. The number of nitrogens with one attached hydrogen (secondary N) is 1. The van der Waals surface area contributed by atoms with Crippen LogP contribution in [0.15, 0.2) is 24.3 Å². The highest BCUT2D eigenvalue weighted by Gasteiger charge is 2.31. The number of rotatable bonds is 4. The van der Waals surface area contributed by atoms with Crippen molar-refractivity contribution in [2.75, 3.05) is 6.54 Å². The maximum atomic E-state index is 12.5. The van der Waals surface area contributed by atoms with Crippen LogP contribution in [0.2, 0.25) is 0 Å². The summed E-state index contributed by atoms with van der Waals surface area (Å²) in [5, 5.41) is 12.3. The molecule has 1 aliphatic carbocycles. The van der Waals surface area contributed by atoms with Crippen molar-refractivity contribution in [1.82, 2.24) is 5.32 Å². The van der Waals surface area contributed by atoms with Gasteiger partial charge in [-0.1, -0.05) is 12.1 Å². The summed E-state index contributed by atoms with van der Waals surface area (Å²) in [6.07, 6.45) is -3.89. The number of carbonyl (C=O) groups is 1. The molecule has 0 radical (unpaired) electrons. The van der Waals surface area contributed by atoms with Gasteiger partial charge in [0.1, 0.15) is 0 Å². The molecule has 1 aliphatic rings. The van der Waals surface area contributed by atoms with Crippen LogP contribution in [0.25, 0.3) is 0 Å². The predicted molar refractivity (Wildman–Crippen MR) is 62.1 cm³/mol. The summed E-state index contributed by atoms with van der Waals surface area (Å²) in [6, 6.07) is 4.49. The summed E-state index contributed by atoms with van der Waals surface area (Å²) in [5.41, 5.74) is -0.663. The number of hydrogen-bond donors (Lipinski definition) is 2. The quantitative estimate of drug-likeness (QED) is 0.884. The van der Waals surface area contributed by atoms with E-state index in [4.69, 9.17) is 0 Å². The molecular weight excluding hydrogens is 259 g/mol. The van der Waals surface area contributed by atoms with E-state index in [9.17, 15) is 23.1 Å². The van der Waals surface area contributed by atoms with Crippen molar-refractivity contribution in [3.05, 3.63) is 35.4 Å². The average molecular weight is 273 g/mol. The van der Waals surface area contributed by atoms with Gasteiger partial charge in [-0.2, -0.15) is 13.2 Å². The monoisotopic (exact) mass is 273 g/mol. The number of benzene rings is 1. The Labute approximate surface area is 108 Å². The first-order valence-electron chi connectivity index (χ1n) is 6.01. The van der Waals surface area contributed by atoms with Crippen LogP contribution in [0.1, 0.15) is 30.1 Å². The molecule has 6 heteroatoms. The molecule has 0 aliphatic heterocycles. The number of aliphatic hydroxyl groups is 1. The van der Waals surface area contributed by atoms with Crippen LogP contribution in [0.5, 0.6) is 0 Å². The van der Waals surface area contributed by atoms with Crippen LogP contribution in [0.4, 0.5) is 13.2 Å². The van der Waals surface area contributed by atoms with E-state index in [1.54, 1.807) is 0 Å². The Bertz CT molecular complexity index is 469. The van der Waals surface area contributed by atoms with Gasteiger partial charge in [0, 0.05) is 12.5 Å². The summed E-state index contributed by atoms with van der Waals surface area (Å²) in [6.45, 7) is -0.0728. The van der Waals surface area contributed by atoms with Crippen LogP contribution in [0.3, 0.4) is 0 Å². The molecule has 1 amide bonds. The normalized spacial score (nSPS) is 17.1. The minimum Gasteiger partial charge on any atom is -0.387 e. The fraction of sp³-hybridized carbons (Fsp3) is 0.462. The highest BCUT2D eigenvalue weighted by atomic mass is 19.4. The number of aliphatic hydroxyl groups excluding tert-OH is 1. The number of carbonyl (C=O) groups excluding carboxylic acids is 1. The largest absolute Gasteiger partial charge is 0.416 e. The van der Waals surface area contributed by atoms with E-state index in [0.717, 1.165) is 25.0 Å². The number of alkyl halides is 3. The molecule has 2 N–H and O–H groups in total. The predicted octanol–water partition coefficient (Wildman–Crippen LogP) is 2.26. The van der Waals surface area contributed by atoms with Crippen LogP contribution in [-0.4, -0.2) is 17.6 Å². The summed E-state index contributed by atoms with van der Waals surface area (Å²) in [7, 11) is 0. The topological polar surface area (TPSA) is 49.3 Å². The van der Waals surface area contributed by atoms with E-state index in [1.807, 2.05) is 0 Å². The van der Waals surface area contributed by atoms with Crippen LogP contribution >= 0.6 is 0 Å². The number of hydrogen-bond acceptors (Lipinski definition) is 2. The lowest BCUT2D eigenvalue weighted by molar-refractivity contribution is -0.137. The molecule has 1 atom stereocenters. The smallest absolute Gasteiger partial charge is 0.387 e. The summed E-state index contributed by atoms with van der Waals surface area (Å²) in [5.74, 6) is -0.139.